The van der Waals surface area contributed by atoms with Gasteiger partial charge in [-0.1, -0.05) is 7.43 Å². The van der Waals surface area contributed by atoms with Crippen LogP contribution in [0.1, 0.15) is 7.43 Å². The second-order valence-corrected chi connectivity index (χ2v) is 1.26. The van der Waals surface area contributed by atoms with Crippen molar-refractivity contribution in [2.24, 2.45) is 0 Å². The summed E-state index contributed by atoms with van der Waals surface area (Å²) in [5, 5.41) is 0. The van der Waals surface area contributed by atoms with E-state index in [1.54, 1.807) is 0 Å². The van der Waals surface area contributed by atoms with E-state index in [9.17, 15) is 4.57 Å². The molecule has 1 N–H and O–H groups in total. The van der Waals surface area contributed by atoms with Gasteiger partial charge < -0.3 is 0 Å². The summed E-state index contributed by atoms with van der Waals surface area (Å²) in [7, 11) is -1.18. The zero-order valence-corrected chi connectivity index (χ0v) is 3.61. The molecule has 4 heteroatoms. The van der Waals surface area contributed by atoms with Crippen LogP contribution < -0.4 is 0 Å². The van der Waals surface area contributed by atoms with Gasteiger partial charge >= 0.3 is 8.25 Å². The SMILES string of the molecule is C.CO[P+](=O)O. The average molecular weight is 111 g/mol. The predicted molar refractivity (Wildman–Crippen MR) is 23.6 cm³/mol. The molecule has 0 bridgehead atoms. The summed E-state index contributed by atoms with van der Waals surface area (Å²) in [6.45, 7) is 0. The topological polar surface area (TPSA) is 46.5 Å². The van der Waals surface area contributed by atoms with Gasteiger partial charge in [-0.15, -0.1) is 9.42 Å². The summed E-state index contributed by atoms with van der Waals surface area (Å²) in [6.07, 6.45) is 0. The third-order valence-electron chi connectivity index (χ3n) is 0.156. The van der Waals surface area contributed by atoms with E-state index in [1.165, 1.54) is 7.11 Å². The molecule has 38 valence electrons. The van der Waals surface area contributed by atoms with E-state index < -0.39 is 8.25 Å². The molecule has 0 saturated carbocycles. The maximum absolute atomic E-state index is 9.29. The Bertz CT molecular complexity index is 44.1. The predicted octanol–water partition coefficient (Wildman–Crippen LogP) is 0.919. The smallest absolute Gasteiger partial charge is 0.133 e. The van der Waals surface area contributed by atoms with E-state index in [2.05, 4.69) is 4.52 Å². The molecule has 0 aliphatic heterocycles. The Morgan fingerprint density at radius 1 is 1.83 bits per heavy atom. The van der Waals surface area contributed by atoms with Crippen LogP contribution in [0.5, 0.6) is 0 Å². The van der Waals surface area contributed by atoms with Gasteiger partial charge in [0, 0.05) is 4.57 Å². The van der Waals surface area contributed by atoms with Gasteiger partial charge in [0.05, 0.1) is 7.11 Å². The fraction of sp³-hybridized carbons (Fsp3) is 1.00. The fourth-order valence-electron chi connectivity index (χ4n) is 0. The van der Waals surface area contributed by atoms with Crippen molar-refractivity contribution >= 4 is 8.25 Å². The van der Waals surface area contributed by atoms with Crippen LogP contribution in [-0.4, -0.2) is 12.0 Å². The van der Waals surface area contributed by atoms with Crippen molar-refractivity contribution < 1.29 is 14.0 Å². The van der Waals surface area contributed by atoms with E-state index in [0.717, 1.165) is 0 Å². The average Bonchev–Trinajstić information content (AvgIpc) is 1.38. The largest absolute Gasteiger partial charge is 0.694 e. The molecule has 0 heterocycles. The first-order valence-electron chi connectivity index (χ1n) is 0.973. The van der Waals surface area contributed by atoms with Crippen LogP contribution in [0.2, 0.25) is 0 Å². The lowest BCUT2D eigenvalue weighted by Crippen LogP contribution is -1.57. The second kappa shape index (κ2) is 5.02. The molecule has 0 spiro atoms. The number of hydrogen-bond donors (Lipinski definition) is 1. The van der Waals surface area contributed by atoms with Crippen LogP contribution in [0.15, 0.2) is 0 Å². The Kier molecular flexibility index (Phi) is 7.85. The van der Waals surface area contributed by atoms with Crippen molar-refractivity contribution in [3.63, 3.8) is 0 Å². The lowest BCUT2D eigenvalue weighted by molar-refractivity contribution is 0.343. The maximum Gasteiger partial charge on any atom is 0.694 e. The van der Waals surface area contributed by atoms with Crippen molar-refractivity contribution in [2.45, 2.75) is 7.43 Å². The summed E-state index contributed by atoms with van der Waals surface area (Å²) >= 11 is 0. The molecule has 0 fully saturated rings. The zero-order chi connectivity index (χ0) is 4.28. The molecule has 0 saturated heterocycles. The van der Waals surface area contributed by atoms with Gasteiger partial charge in [0.2, 0.25) is 0 Å². The molecule has 0 aromatic rings. The molecule has 1 unspecified atom stereocenters. The van der Waals surface area contributed by atoms with Crippen molar-refractivity contribution in [3.8, 4) is 0 Å². The number of hydrogen-bond acceptors (Lipinski definition) is 2. The first-order chi connectivity index (χ1) is 2.27. The third-order valence-corrected chi connectivity index (χ3v) is 0.469. The highest BCUT2D eigenvalue weighted by atomic mass is 31.1. The Morgan fingerprint density at radius 2 is 2.00 bits per heavy atom. The van der Waals surface area contributed by atoms with Crippen LogP contribution in [0, 0.1) is 0 Å². The monoisotopic (exact) mass is 111 g/mol. The molecule has 0 amide bonds. The molecule has 0 rings (SSSR count). The Morgan fingerprint density at radius 3 is 2.00 bits per heavy atom. The van der Waals surface area contributed by atoms with E-state index in [-0.39, 0.29) is 7.43 Å². The third kappa shape index (κ3) is 8.99. The highest BCUT2D eigenvalue weighted by Crippen LogP contribution is 2.09. The quantitative estimate of drug-likeness (QED) is 0.511. The van der Waals surface area contributed by atoms with Crippen molar-refractivity contribution in [2.75, 3.05) is 7.11 Å². The Labute approximate surface area is 37.9 Å². The Balaban J connectivity index is 0. The molecule has 3 nitrogen and oxygen atoms in total. The molecule has 0 aliphatic rings. The first-order valence-corrected chi connectivity index (χ1v) is 2.10. The summed E-state index contributed by atoms with van der Waals surface area (Å²) < 4.78 is 13.1. The van der Waals surface area contributed by atoms with E-state index >= 15 is 0 Å². The zero-order valence-electron chi connectivity index (χ0n) is 2.71. The van der Waals surface area contributed by atoms with Gasteiger partial charge in [-0.05, 0) is 0 Å². The highest BCUT2D eigenvalue weighted by Gasteiger charge is 2.02. The molecule has 1 atom stereocenters. The molecular formula is C2H8O3P+. The second-order valence-electron chi connectivity index (χ2n) is 0.420. The summed E-state index contributed by atoms with van der Waals surface area (Å²) in [4.78, 5) is 7.65. The van der Waals surface area contributed by atoms with Crippen LogP contribution >= 0.6 is 8.25 Å². The molecule has 0 aromatic carbocycles. The standard InChI is InChI=1S/CH3O3P.CH4/c1-4-5(2)3;/h1H3;1H4/p+1. The normalized spacial score (nSPS) is 9.33. The van der Waals surface area contributed by atoms with Crippen LogP contribution in [0.3, 0.4) is 0 Å². The van der Waals surface area contributed by atoms with Crippen molar-refractivity contribution in [1.82, 2.24) is 0 Å². The molecule has 6 heavy (non-hydrogen) atoms. The molecule has 0 aromatic heterocycles. The Hall–Kier alpha value is 0.0200. The van der Waals surface area contributed by atoms with E-state index in [0.29, 0.717) is 0 Å². The van der Waals surface area contributed by atoms with Gasteiger partial charge in [-0.25, -0.2) is 0 Å². The summed E-state index contributed by atoms with van der Waals surface area (Å²) in [5.41, 5.74) is 0. The minimum Gasteiger partial charge on any atom is -0.133 e. The maximum atomic E-state index is 9.29. The van der Waals surface area contributed by atoms with Crippen LogP contribution in [0.4, 0.5) is 0 Å². The van der Waals surface area contributed by atoms with Crippen LogP contribution in [0.25, 0.3) is 0 Å². The lowest BCUT2D eigenvalue weighted by Gasteiger charge is -1.55. The van der Waals surface area contributed by atoms with E-state index in [4.69, 9.17) is 4.89 Å². The highest BCUT2D eigenvalue weighted by molar-refractivity contribution is 7.32. The van der Waals surface area contributed by atoms with Gasteiger partial charge in [0.1, 0.15) is 0 Å². The first kappa shape index (κ1) is 9.39. The molecule has 0 radical (unpaired) electrons. The van der Waals surface area contributed by atoms with Crippen molar-refractivity contribution in [1.29, 1.82) is 0 Å². The molecule has 0 aliphatic carbocycles. The number of rotatable bonds is 1. The minimum atomic E-state index is -2.35. The lowest BCUT2D eigenvalue weighted by atomic mass is 11.8. The van der Waals surface area contributed by atoms with Gasteiger partial charge in [0.25, 0.3) is 0 Å². The van der Waals surface area contributed by atoms with Crippen molar-refractivity contribution in [3.05, 3.63) is 0 Å². The van der Waals surface area contributed by atoms with Gasteiger partial charge in [-0.2, -0.15) is 0 Å². The van der Waals surface area contributed by atoms with Gasteiger partial charge in [0.15, 0.2) is 0 Å². The summed E-state index contributed by atoms with van der Waals surface area (Å²) in [5.74, 6) is 0. The van der Waals surface area contributed by atoms with Gasteiger partial charge in [-0.3, -0.25) is 0 Å². The fourth-order valence-corrected chi connectivity index (χ4v) is 0. The molecular weight excluding hydrogens is 103 g/mol. The summed E-state index contributed by atoms with van der Waals surface area (Å²) in [6, 6.07) is 0. The van der Waals surface area contributed by atoms with Crippen LogP contribution in [-0.2, 0) is 9.09 Å². The minimum absolute atomic E-state index is 0. The van der Waals surface area contributed by atoms with E-state index in [1.807, 2.05) is 0 Å².